The fourth-order valence-electron chi connectivity index (χ4n) is 3.35. The van der Waals surface area contributed by atoms with Crippen LogP contribution in [0.2, 0.25) is 0 Å². The molecular formula is C23H26O10. The summed E-state index contributed by atoms with van der Waals surface area (Å²) in [5, 5.41) is 11.4. The molecule has 10 nitrogen and oxygen atoms in total. The highest BCUT2D eigenvalue weighted by Crippen LogP contribution is 2.43. The number of hydrogen-bond acceptors (Lipinski definition) is 10. The molecule has 0 aliphatic heterocycles. The summed E-state index contributed by atoms with van der Waals surface area (Å²) < 4.78 is 42.6. The standard InChI is InChI=1S/C23H26O10/c1-26-11-31-10-13-6-17(32-12-27-2)16(29-4)9-15(13)20-22(24)21-18(30-5)7-14(28-3)8-19(21)33-23(20)25/h6-9,24H,10-12H2,1-5H3. The number of ether oxygens (including phenoxy) is 7. The van der Waals surface area contributed by atoms with Gasteiger partial charge in [0.1, 0.15) is 40.6 Å². The molecule has 2 aromatic carbocycles. The minimum Gasteiger partial charge on any atom is -0.506 e. The second kappa shape index (κ2) is 10.9. The van der Waals surface area contributed by atoms with E-state index in [1.54, 1.807) is 18.2 Å². The van der Waals surface area contributed by atoms with Crippen molar-refractivity contribution >= 4 is 11.0 Å². The van der Waals surface area contributed by atoms with Crippen molar-refractivity contribution in [2.75, 3.05) is 49.1 Å². The summed E-state index contributed by atoms with van der Waals surface area (Å²) in [5.74, 6) is 1.05. The molecule has 3 aromatic rings. The molecular weight excluding hydrogens is 436 g/mol. The Labute approximate surface area is 190 Å². The molecule has 0 saturated carbocycles. The first-order valence-corrected chi connectivity index (χ1v) is 9.80. The zero-order valence-corrected chi connectivity index (χ0v) is 19.1. The topological polar surface area (TPSA) is 115 Å². The van der Waals surface area contributed by atoms with Crippen molar-refractivity contribution in [1.82, 2.24) is 0 Å². The molecule has 1 aromatic heterocycles. The van der Waals surface area contributed by atoms with Gasteiger partial charge in [-0.1, -0.05) is 0 Å². The van der Waals surface area contributed by atoms with Crippen molar-refractivity contribution in [1.29, 1.82) is 0 Å². The van der Waals surface area contributed by atoms with Crippen molar-refractivity contribution < 1.29 is 42.7 Å². The van der Waals surface area contributed by atoms with Crippen molar-refractivity contribution in [3.05, 3.63) is 40.2 Å². The minimum atomic E-state index is -0.768. The van der Waals surface area contributed by atoms with Gasteiger partial charge in [0.25, 0.3) is 0 Å². The van der Waals surface area contributed by atoms with E-state index < -0.39 is 5.63 Å². The van der Waals surface area contributed by atoms with E-state index in [1.807, 2.05) is 0 Å². The fourth-order valence-corrected chi connectivity index (χ4v) is 3.35. The monoisotopic (exact) mass is 462 g/mol. The Morgan fingerprint density at radius 2 is 1.58 bits per heavy atom. The number of hydrogen-bond donors (Lipinski definition) is 1. The summed E-state index contributed by atoms with van der Waals surface area (Å²) in [4.78, 5) is 13.0. The Kier molecular flexibility index (Phi) is 7.99. The molecule has 0 amide bonds. The van der Waals surface area contributed by atoms with Gasteiger partial charge in [-0.05, 0) is 17.7 Å². The summed E-state index contributed by atoms with van der Waals surface area (Å²) in [6, 6.07) is 6.27. The molecule has 0 fully saturated rings. The van der Waals surface area contributed by atoms with Gasteiger partial charge in [-0.25, -0.2) is 4.79 Å². The summed E-state index contributed by atoms with van der Waals surface area (Å²) in [7, 11) is 7.35. The molecule has 0 bridgehead atoms. The van der Waals surface area contributed by atoms with Crippen LogP contribution in [0, 0.1) is 0 Å². The van der Waals surface area contributed by atoms with Crippen LogP contribution in [0.1, 0.15) is 5.56 Å². The average molecular weight is 462 g/mol. The Morgan fingerprint density at radius 1 is 0.848 bits per heavy atom. The normalized spacial score (nSPS) is 10.9. The predicted molar refractivity (Wildman–Crippen MR) is 118 cm³/mol. The van der Waals surface area contributed by atoms with Gasteiger partial charge in [0.05, 0.1) is 27.9 Å². The van der Waals surface area contributed by atoms with Gasteiger partial charge < -0.3 is 42.7 Å². The van der Waals surface area contributed by atoms with Crippen molar-refractivity contribution in [2.24, 2.45) is 0 Å². The molecule has 0 spiro atoms. The number of aromatic hydroxyl groups is 1. The van der Waals surface area contributed by atoms with Crippen LogP contribution >= 0.6 is 0 Å². The van der Waals surface area contributed by atoms with Crippen LogP contribution in [-0.2, 0) is 20.8 Å². The van der Waals surface area contributed by atoms with Gasteiger partial charge in [0.2, 0.25) is 0 Å². The van der Waals surface area contributed by atoms with Crippen LogP contribution in [0.3, 0.4) is 0 Å². The third kappa shape index (κ3) is 4.98. The molecule has 0 aliphatic carbocycles. The first kappa shape index (κ1) is 24.2. The SMILES string of the molecule is COCOCc1cc(OCOC)c(OC)cc1-c1c(O)c2c(OC)cc(OC)cc2oc1=O. The number of methoxy groups -OCH3 is 5. The summed E-state index contributed by atoms with van der Waals surface area (Å²) in [5.41, 5.74) is 0.114. The predicted octanol–water partition coefficient (Wildman–Crippen LogP) is 3.29. The van der Waals surface area contributed by atoms with Gasteiger partial charge >= 0.3 is 5.63 Å². The molecule has 0 atom stereocenters. The maximum absolute atomic E-state index is 13.0. The van der Waals surface area contributed by atoms with Crippen LogP contribution in [0.15, 0.2) is 33.5 Å². The van der Waals surface area contributed by atoms with Gasteiger partial charge in [-0.3, -0.25) is 0 Å². The lowest BCUT2D eigenvalue weighted by atomic mass is 9.98. The smallest absolute Gasteiger partial charge is 0.348 e. The molecule has 178 valence electrons. The Hall–Kier alpha value is -3.47. The van der Waals surface area contributed by atoms with E-state index in [1.165, 1.54) is 41.6 Å². The molecule has 3 rings (SSSR count). The van der Waals surface area contributed by atoms with E-state index in [0.717, 1.165) is 0 Å². The van der Waals surface area contributed by atoms with Gasteiger partial charge in [-0.15, -0.1) is 0 Å². The van der Waals surface area contributed by atoms with E-state index in [4.69, 9.17) is 37.6 Å². The Morgan fingerprint density at radius 3 is 2.21 bits per heavy atom. The summed E-state index contributed by atoms with van der Waals surface area (Å²) in [6.45, 7) is 0.0509. The molecule has 0 unspecified atom stereocenters. The van der Waals surface area contributed by atoms with E-state index in [9.17, 15) is 9.90 Å². The lowest BCUT2D eigenvalue weighted by Crippen LogP contribution is -2.09. The van der Waals surface area contributed by atoms with E-state index in [-0.39, 0.29) is 48.2 Å². The molecule has 10 heteroatoms. The molecule has 1 N–H and O–H groups in total. The van der Waals surface area contributed by atoms with E-state index in [2.05, 4.69) is 0 Å². The van der Waals surface area contributed by atoms with E-state index >= 15 is 0 Å². The minimum absolute atomic E-state index is 0.0174. The molecule has 0 saturated heterocycles. The highest BCUT2D eigenvalue weighted by molar-refractivity contribution is 5.96. The summed E-state index contributed by atoms with van der Waals surface area (Å²) in [6.07, 6.45) is 0. The lowest BCUT2D eigenvalue weighted by molar-refractivity contribution is -0.0390. The van der Waals surface area contributed by atoms with Gasteiger partial charge in [-0.2, -0.15) is 0 Å². The zero-order chi connectivity index (χ0) is 24.0. The molecule has 1 heterocycles. The number of rotatable bonds is 11. The molecule has 0 radical (unpaired) electrons. The van der Waals surface area contributed by atoms with Crippen LogP contribution in [-0.4, -0.2) is 54.2 Å². The molecule has 0 aliphatic rings. The second-order valence-corrected chi connectivity index (χ2v) is 6.78. The first-order chi connectivity index (χ1) is 16.0. The van der Waals surface area contributed by atoms with Crippen LogP contribution in [0.25, 0.3) is 22.1 Å². The number of benzene rings is 2. The van der Waals surface area contributed by atoms with E-state index in [0.29, 0.717) is 28.4 Å². The Balaban J connectivity index is 2.29. The first-order valence-electron chi connectivity index (χ1n) is 9.80. The highest BCUT2D eigenvalue weighted by atomic mass is 16.7. The maximum atomic E-state index is 13.0. The van der Waals surface area contributed by atoms with Crippen molar-refractivity contribution in [3.8, 4) is 39.9 Å². The number of fused-ring (bicyclic) bond motifs is 1. The Bertz CT molecular complexity index is 1170. The summed E-state index contributed by atoms with van der Waals surface area (Å²) >= 11 is 0. The van der Waals surface area contributed by atoms with Crippen molar-refractivity contribution in [2.45, 2.75) is 6.61 Å². The van der Waals surface area contributed by atoms with Crippen LogP contribution in [0.5, 0.6) is 28.7 Å². The second-order valence-electron chi connectivity index (χ2n) is 6.78. The average Bonchev–Trinajstić information content (AvgIpc) is 2.82. The lowest BCUT2D eigenvalue weighted by Gasteiger charge is -2.17. The van der Waals surface area contributed by atoms with Gasteiger partial charge in [0, 0.05) is 31.9 Å². The third-order valence-corrected chi connectivity index (χ3v) is 4.83. The maximum Gasteiger partial charge on any atom is 0.348 e. The largest absolute Gasteiger partial charge is 0.506 e. The van der Waals surface area contributed by atoms with Crippen molar-refractivity contribution in [3.63, 3.8) is 0 Å². The third-order valence-electron chi connectivity index (χ3n) is 4.83. The highest BCUT2D eigenvalue weighted by Gasteiger charge is 2.24. The quantitative estimate of drug-likeness (QED) is 0.259. The van der Waals surface area contributed by atoms with Crippen LogP contribution in [0.4, 0.5) is 0 Å². The van der Waals surface area contributed by atoms with Gasteiger partial charge in [0.15, 0.2) is 18.3 Å². The fraction of sp³-hybridized carbons (Fsp3) is 0.348. The zero-order valence-electron chi connectivity index (χ0n) is 19.1. The molecule has 33 heavy (non-hydrogen) atoms. The van der Waals surface area contributed by atoms with Crippen LogP contribution < -0.4 is 24.6 Å².